The summed E-state index contributed by atoms with van der Waals surface area (Å²) in [5, 5.41) is 2.12. The second-order valence-electron chi connectivity index (χ2n) is 5.99. The van der Waals surface area contributed by atoms with E-state index in [0.717, 1.165) is 38.7 Å². The van der Waals surface area contributed by atoms with Crippen LogP contribution in [0.25, 0.3) is 10.4 Å². The lowest BCUT2D eigenvalue weighted by Gasteiger charge is -2.34. The normalized spacial score (nSPS) is 15.6. The monoisotopic (exact) mass is 336 g/mol. The number of benzene rings is 1. The molecule has 4 rings (SSSR count). The molecule has 122 valence electrons. The first kappa shape index (κ1) is 15.3. The maximum absolute atomic E-state index is 4.34. The van der Waals surface area contributed by atoms with Gasteiger partial charge in [0, 0.05) is 50.0 Å². The molecule has 24 heavy (non-hydrogen) atoms. The van der Waals surface area contributed by atoms with Crippen LogP contribution in [0.15, 0.2) is 60.2 Å². The summed E-state index contributed by atoms with van der Waals surface area (Å²) in [6, 6.07) is 15.1. The Bertz CT molecular complexity index is 748. The lowest BCUT2D eigenvalue weighted by atomic mass is 10.1. The van der Waals surface area contributed by atoms with Gasteiger partial charge in [-0.25, -0.2) is 9.97 Å². The van der Waals surface area contributed by atoms with Gasteiger partial charge in [-0.15, -0.1) is 11.3 Å². The molecule has 0 atom stereocenters. The van der Waals surface area contributed by atoms with Crippen molar-refractivity contribution in [2.45, 2.75) is 6.54 Å². The van der Waals surface area contributed by atoms with Gasteiger partial charge in [-0.1, -0.05) is 30.3 Å². The molecule has 0 bridgehead atoms. The fourth-order valence-corrected chi connectivity index (χ4v) is 3.77. The van der Waals surface area contributed by atoms with Crippen molar-refractivity contribution < 1.29 is 0 Å². The number of hydrogen-bond donors (Lipinski definition) is 0. The third-order valence-electron chi connectivity index (χ3n) is 4.37. The Hall–Kier alpha value is -2.24. The van der Waals surface area contributed by atoms with Gasteiger partial charge < -0.3 is 4.90 Å². The highest BCUT2D eigenvalue weighted by atomic mass is 32.1. The Morgan fingerprint density at radius 3 is 2.29 bits per heavy atom. The Kier molecular flexibility index (Phi) is 4.53. The molecule has 0 radical (unpaired) electrons. The minimum atomic E-state index is 0.845. The van der Waals surface area contributed by atoms with Crippen LogP contribution >= 0.6 is 11.3 Å². The van der Waals surface area contributed by atoms with E-state index in [-0.39, 0.29) is 0 Å². The maximum Gasteiger partial charge on any atom is 0.225 e. The van der Waals surface area contributed by atoms with Crippen LogP contribution in [-0.4, -0.2) is 41.0 Å². The molecule has 0 aliphatic carbocycles. The van der Waals surface area contributed by atoms with Crippen LogP contribution in [-0.2, 0) is 6.54 Å². The molecule has 4 nitrogen and oxygen atoms in total. The quantitative estimate of drug-likeness (QED) is 0.730. The zero-order valence-electron chi connectivity index (χ0n) is 13.5. The van der Waals surface area contributed by atoms with E-state index in [1.165, 1.54) is 16.0 Å². The molecule has 1 aliphatic rings. The molecule has 0 saturated carbocycles. The molecule has 1 aliphatic heterocycles. The van der Waals surface area contributed by atoms with Crippen LogP contribution in [0.3, 0.4) is 0 Å². The van der Waals surface area contributed by atoms with Gasteiger partial charge in [0.25, 0.3) is 0 Å². The lowest BCUT2D eigenvalue weighted by Crippen LogP contribution is -2.46. The molecule has 0 amide bonds. The minimum absolute atomic E-state index is 0.845. The third kappa shape index (κ3) is 3.47. The molecule has 0 unspecified atom stereocenters. The highest BCUT2D eigenvalue weighted by molar-refractivity contribution is 7.13. The van der Waals surface area contributed by atoms with E-state index < -0.39 is 0 Å². The molecule has 3 aromatic rings. The average Bonchev–Trinajstić information content (AvgIpc) is 3.18. The van der Waals surface area contributed by atoms with Crippen molar-refractivity contribution in [2.24, 2.45) is 0 Å². The molecule has 1 saturated heterocycles. The summed E-state index contributed by atoms with van der Waals surface area (Å²) in [7, 11) is 0. The fraction of sp³-hybridized carbons (Fsp3) is 0.263. The van der Waals surface area contributed by atoms with Crippen LogP contribution < -0.4 is 4.90 Å². The predicted molar refractivity (Wildman–Crippen MR) is 99.3 cm³/mol. The van der Waals surface area contributed by atoms with Gasteiger partial charge in [-0.05, 0) is 28.6 Å². The summed E-state index contributed by atoms with van der Waals surface area (Å²) in [6.07, 6.45) is 3.62. The standard InChI is InChI=1S/C19H20N4S/c1-3-18(24-14-1)17-6-4-16(5-7-17)15-22-10-12-23(13-11-22)19-20-8-2-9-21-19/h1-9,14H,10-13,15H2. The summed E-state index contributed by atoms with van der Waals surface area (Å²) in [5.74, 6) is 0.845. The Balaban J connectivity index is 1.34. The van der Waals surface area contributed by atoms with Crippen LogP contribution in [0.1, 0.15) is 5.56 Å². The average molecular weight is 336 g/mol. The van der Waals surface area contributed by atoms with Gasteiger partial charge in [0.05, 0.1) is 0 Å². The van der Waals surface area contributed by atoms with Gasteiger partial charge in [-0.3, -0.25) is 4.90 Å². The second-order valence-corrected chi connectivity index (χ2v) is 6.93. The van der Waals surface area contributed by atoms with E-state index in [4.69, 9.17) is 0 Å². The number of nitrogens with zero attached hydrogens (tertiary/aromatic N) is 4. The maximum atomic E-state index is 4.34. The van der Waals surface area contributed by atoms with Crippen LogP contribution in [0, 0.1) is 0 Å². The van der Waals surface area contributed by atoms with Gasteiger partial charge in [0.15, 0.2) is 0 Å². The third-order valence-corrected chi connectivity index (χ3v) is 5.29. The van der Waals surface area contributed by atoms with Crippen LogP contribution in [0.4, 0.5) is 5.95 Å². The molecular formula is C19H20N4S. The van der Waals surface area contributed by atoms with Crippen molar-refractivity contribution in [3.63, 3.8) is 0 Å². The van der Waals surface area contributed by atoms with Crippen molar-refractivity contribution in [3.05, 3.63) is 65.8 Å². The van der Waals surface area contributed by atoms with E-state index >= 15 is 0 Å². The predicted octanol–water partition coefficient (Wildman–Crippen LogP) is 3.53. The number of anilines is 1. The number of rotatable bonds is 4. The SMILES string of the molecule is c1cnc(N2CCN(Cc3ccc(-c4cccs4)cc3)CC2)nc1. The Morgan fingerprint density at radius 1 is 0.875 bits per heavy atom. The first-order valence-electron chi connectivity index (χ1n) is 8.26. The first-order chi connectivity index (χ1) is 11.9. The Morgan fingerprint density at radius 2 is 1.62 bits per heavy atom. The lowest BCUT2D eigenvalue weighted by molar-refractivity contribution is 0.248. The van der Waals surface area contributed by atoms with Gasteiger partial charge in [0.1, 0.15) is 0 Å². The molecule has 0 N–H and O–H groups in total. The van der Waals surface area contributed by atoms with Gasteiger partial charge in [-0.2, -0.15) is 0 Å². The van der Waals surface area contributed by atoms with E-state index in [1.807, 2.05) is 18.5 Å². The zero-order chi connectivity index (χ0) is 16.2. The summed E-state index contributed by atoms with van der Waals surface area (Å²) >= 11 is 1.79. The van der Waals surface area contributed by atoms with Crippen LogP contribution in [0.5, 0.6) is 0 Å². The summed E-state index contributed by atoms with van der Waals surface area (Å²) < 4.78 is 0. The molecule has 5 heteroatoms. The van der Waals surface area contributed by atoms with E-state index in [2.05, 4.69) is 61.5 Å². The highest BCUT2D eigenvalue weighted by Gasteiger charge is 2.18. The zero-order valence-corrected chi connectivity index (χ0v) is 14.3. The van der Waals surface area contributed by atoms with E-state index in [1.54, 1.807) is 11.3 Å². The highest BCUT2D eigenvalue weighted by Crippen LogP contribution is 2.25. The number of piperazine rings is 1. The Labute approximate surface area is 146 Å². The first-order valence-corrected chi connectivity index (χ1v) is 9.13. The van der Waals surface area contributed by atoms with Crippen molar-refractivity contribution >= 4 is 17.3 Å². The van der Waals surface area contributed by atoms with E-state index in [9.17, 15) is 0 Å². The summed E-state index contributed by atoms with van der Waals surface area (Å²) in [6.45, 7) is 5.07. The number of aromatic nitrogens is 2. The molecule has 3 heterocycles. The molecule has 1 aromatic carbocycles. The summed E-state index contributed by atoms with van der Waals surface area (Å²) in [5.41, 5.74) is 2.68. The largest absolute Gasteiger partial charge is 0.338 e. The van der Waals surface area contributed by atoms with Crippen molar-refractivity contribution in [3.8, 4) is 10.4 Å². The fourth-order valence-electron chi connectivity index (χ4n) is 3.04. The van der Waals surface area contributed by atoms with E-state index in [0.29, 0.717) is 0 Å². The van der Waals surface area contributed by atoms with Crippen molar-refractivity contribution in [1.29, 1.82) is 0 Å². The number of hydrogen-bond acceptors (Lipinski definition) is 5. The second kappa shape index (κ2) is 7.11. The number of thiophene rings is 1. The minimum Gasteiger partial charge on any atom is -0.338 e. The van der Waals surface area contributed by atoms with Crippen molar-refractivity contribution in [1.82, 2.24) is 14.9 Å². The van der Waals surface area contributed by atoms with Crippen LogP contribution in [0.2, 0.25) is 0 Å². The van der Waals surface area contributed by atoms with Gasteiger partial charge >= 0.3 is 0 Å². The molecule has 0 spiro atoms. The smallest absolute Gasteiger partial charge is 0.225 e. The van der Waals surface area contributed by atoms with Gasteiger partial charge in [0.2, 0.25) is 5.95 Å². The topological polar surface area (TPSA) is 32.3 Å². The molecular weight excluding hydrogens is 316 g/mol. The molecule has 2 aromatic heterocycles. The van der Waals surface area contributed by atoms with Crippen molar-refractivity contribution in [2.75, 3.05) is 31.1 Å². The summed E-state index contributed by atoms with van der Waals surface area (Å²) in [4.78, 5) is 14.8. The molecule has 1 fully saturated rings.